The first kappa shape index (κ1) is 14.2. The molecule has 3 heteroatoms. The molecule has 0 radical (unpaired) electrons. The van der Waals surface area contributed by atoms with E-state index in [0.29, 0.717) is 0 Å². The van der Waals surface area contributed by atoms with Gasteiger partial charge in [-0.15, -0.1) is 0 Å². The molecule has 0 saturated carbocycles. The van der Waals surface area contributed by atoms with Crippen LogP contribution in [0, 0.1) is 0 Å². The molecule has 112 valence electrons. The number of morpholine rings is 1. The SMILES string of the molecule is C=C1CCCC(CN2CCCCC2)=C1N1CCOCC1. The minimum Gasteiger partial charge on any atom is -0.378 e. The monoisotopic (exact) mass is 276 g/mol. The third-order valence-corrected chi connectivity index (χ3v) is 4.82. The van der Waals surface area contributed by atoms with Crippen LogP contribution in [0.4, 0.5) is 0 Å². The maximum Gasteiger partial charge on any atom is 0.0642 e. The number of hydrogen-bond acceptors (Lipinski definition) is 3. The average molecular weight is 276 g/mol. The fraction of sp³-hybridized carbons (Fsp3) is 0.765. The van der Waals surface area contributed by atoms with Crippen LogP contribution in [0.15, 0.2) is 23.4 Å². The Bertz CT molecular complexity index is 376. The van der Waals surface area contributed by atoms with Crippen molar-refractivity contribution in [3.05, 3.63) is 23.4 Å². The van der Waals surface area contributed by atoms with Gasteiger partial charge in [0, 0.05) is 25.3 Å². The first-order valence-electron chi connectivity index (χ1n) is 8.30. The van der Waals surface area contributed by atoms with Crippen LogP contribution in [0.3, 0.4) is 0 Å². The smallest absolute Gasteiger partial charge is 0.0642 e. The zero-order valence-corrected chi connectivity index (χ0v) is 12.7. The van der Waals surface area contributed by atoms with Crippen LogP contribution in [-0.4, -0.2) is 55.7 Å². The molecule has 2 heterocycles. The van der Waals surface area contributed by atoms with Crippen molar-refractivity contribution in [2.45, 2.75) is 38.5 Å². The van der Waals surface area contributed by atoms with E-state index >= 15 is 0 Å². The lowest BCUT2D eigenvalue weighted by Gasteiger charge is -2.38. The van der Waals surface area contributed by atoms with Crippen molar-refractivity contribution in [2.24, 2.45) is 0 Å². The van der Waals surface area contributed by atoms with E-state index in [-0.39, 0.29) is 0 Å². The van der Waals surface area contributed by atoms with E-state index in [4.69, 9.17) is 4.74 Å². The van der Waals surface area contributed by atoms with Crippen LogP contribution in [0.1, 0.15) is 38.5 Å². The predicted octanol–water partition coefficient (Wildman–Crippen LogP) is 2.80. The lowest BCUT2D eigenvalue weighted by molar-refractivity contribution is 0.0532. The van der Waals surface area contributed by atoms with Gasteiger partial charge in [0.2, 0.25) is 0 Å². The Morgan fingerprint density at radius 2 is 1.65 bits per heavy atom. The molecule has 2 aliphatic heterocycles. The molecule has 0 aromatic carbocycles. The summed E-state index contributed by atoms with van der Waals surface area (Å²) < 4.78 is 5.51. The summed E-state index contributed by atoms with van der Waals surface area (Å²) in [5.74, 6) is 0. The number of piperidine rings is 1. The van der Waals surface area contributed by atoms with Crippen molar-refractivity contribution in [3.8, 4) is 0 Å². The minimum atomic E-state index is 0.869. The first-order chi connectivity index (χ1) is 9.84. The van der Waals surface area contributed by atoms with Crippen LogP contribution in [0.5, 0.6) is 0 Å². The largest absolute Gasteiger partial charge is 0.378 e. The van der Waals surface area contributed by atoms with Gasteiger partial charge >= 0.3 is 0 Å². The van der Waals surface area contributed by atoms with Gasteiger partial charge < -0.3 is 9.64 Å². The maximum absolute atomic E-state index is 5.51. The zero-order chi connectivity index (χ0) is 13.8. The fourth-order valence-corrected chi connectivity index (χ4v) is 3.78. The van der Waals surface area contributed by atoms with Crippen molar-refractivity contribution in [3.63, 3.8) is 0 Å². The molecule has 0 unspecified atom stereocenters. The quantitative estimate of drug-likeness (QED) is 0.788. The molecule has 3 aliphatic rings. The van der Waals surface area contributed by atoms with Crippen molar-refractivity contribution in [2.75, 3.05) is 45.9 Å². The molecule has 0 atom stereocenters. The lowest BCUT2D eigenvalue weighted by atomic mass is 9.90. The van der Waals surface area contributed by atoms with Crippen molar-refractivity contribution >= 4 is 0 Å². The second-order valence-corrected chi connectivity index (χ2v) is 6.35. The van der Waals surface area contributed by atoms with Gasteiger partial charge in [-0.3, -0.25) is 4.90 Å². The highest BCUT2D eigenvalue weighted by Gasteiger charge is 2.24. The van der Waals surface area contributed by atoms with E-state index in [1.165, 1.54) is 69.4 Å². The second kappa shape index (κ2) is 6.77. The van der Waals surface area contributed by atoms with Gasteiger partial charge in [-0.25, -0.2) is 0 Å². The van der Waals surface area contributed by atoms with Crippen LogP contribution < -0.4 is 0 Å². The molecule has 0 bridgehead atoms. The lowest BCUT2D eigenvalue weighted by Crippen LogP contribution is -2.39. The van der Waals surface area contributed by atoms with E-state index in [1.807, 2.05) is 0 Å². The molecule has 20 heavy (non-hydrogen) atoms. The Labute approximate surface area is 123 Å². The molecule has 0 N–H and O–H groups in total. The van der Waals surface area contributed by atoms with E-state index in [2.05, 4.69) is 16.4 Å². The summed E-state index contributed by atoms with van der Waals surface area (Å²) in [5.41, 5.74) is 4.50. The summed E-state index contributed by atoms with van der Waals surface area (Å²) in [7, 11) is 0. The number of nitrogens with zero attached hydrogens (tertiary/aromatic N) is 2. The van der Waals surface area contributed by atoms with Crippen LogP contribution in [0.2, 0.25) is 0 Å². The number of hydrogen-bond donors (Lipinski definition) is 0. The van der Waals surface area contributed by atoms with Crippen molar-refractivity contribution in [1.29, 1.82) is 0 Å². The molecular formula is C17H28N2O. The summed E-state index contributed by atoms with van der Waals surface area (Å²) in [4.78, 5) is 5.18. The fourth-order valence-electron chi connectivity index (χ4n) is 3.78. The van der Waals surface area contributed by atoms with Gasteiger partial charge in [-0.2, -0.15) is 0 Å². The normalized spacial score (nSPS) is 26.2. The highest BCUT2D eigenvalue weighted by molar-refractivity contribution is 5.36. The molecule has 0 aromatic heterocycles. The Morgan fingerprint density at radius 3 is 2.40 bits per heavy atom. The number of ether oxygens (including phenoxy) is 1. The summed E-state index contributed by atoms with van der Waals surface area (Å²) in [5, 5.41) is 0. The van der Waals surface area contributed by atoms with E-state index in [9.17, 15) is 0 Å². The van der Waals surface area contributed by atoms with Crippen LogP contribution in [-0.2, 0) is 4.74 Å². The molecular weight excluding hydrogens is 248 g/mol. The van der Waals surface area contributed by atoms with E-state index < -0.39 is 0 Å². The molecule has 1 aliphatic carbocycles. The molecule has 3 nitrogen and oxygen atoms in total. The highest BCUT2D eigenvalue weighted by atomic mass is 16.5. The highest BCUT2D eigenvalue weighted by Crippen LogP contribution is 2.32. The number of likely N-dealkylation sites (tertiary alicyclic amines) is 1. The van der Waals surface area contributed by atoms with Gasteiger partial charge in [0.25, 0.3) is 0 Å². The molecule has 2 fully saturated rings. The molecule has 0 amide bonds. The van der Waals surface area contributed by atoms with Crippen molar-refractivity contribution < 1.29 is 4.74 Å². The Kier molecular flexibility index (Phi) is 4.79. The summed E-state index contributed by atoms with van der Waals surface area (Å²) in [6.45, 7) is 11.9. The Balaban J connectivity index is 1.75. The van der Waals surface area contributed by atoms with Crippen LogP contribution in [0.25, 0.3) is 0 Å². The summed E-state index contributed by atoms with van der Waals surface area (Å²) in [6, 6.07) is 0. The third kappa shape index (κ3) is 3.26. The Hall–Kier alpha value is -0.800. The molecule has 0 spiro atoms. The van der Waals surface area contributed by atoms with Gasteiger partial charge in [0.05, 0.1) is 13.2 Å². The van der Waals surface area contributed by atoms with Gasteiger partial charge in [-0.05, 0) is 56.3 Å². The zero-order valence-electron chi connectivity index (χ0n) is 12.7. The standard InChI is InChI=1S/C17H28N2O/c1-15-6-5-7-16(14-18-8-3-2-4-9-18)17(15)19-10-12-20-13-11-19/h1-14H2. The van der Waals surface area contributed by atoms with Gasteiger partial charge in [0.15, 0.2) is 0 Å². The first-order valence-corrected chi connectivity index (χ1v) is 8.30. The minimum absolute atomic E-state index is 0.869. The van der Waals surface area contributed by atoms with Crippen LogP contribution >= 0.6 is 0 Å². The number of rotatable bonds is 3. The number of allylic oxidation sites excluding steroid dienone is 1. The summed E-state index contributed by atoms with van der Waals surface area (Å²) in [6.07, 6.45) is 7.90. The summed E-state index contributed by atoms with van der Waals surface area (Å²) >= 11 is 0. The van der Waals surface area contributed by atoms with Gasteiger partial charge in [0.1, 0.15) is 0 Å². The van der Waals surface area contributed by atoms with Crippen molar-refractivity contribution in [1.82, 2.24) is 9.80 Å². The third-order valence-electron chi connectivity index (χ3n) is 4.82. The van der Waals surface area contributed by atoms with E-state index in [0.717, 1.165) is 26.3 Å². The molecule has 3 rings (SSSR count). The maximum atomic E-state index is 5.51. The topological polar surface area (TPSA) is 15.7 Å². The molecule has 0 aromatic rings. The average Bonchev–Trinajstić information content (AvgIpc) is 2.49. The van der Waals surface area contributed by atoms with E-state index in [1.54, 1.807) is 5.57 Å². The van der Waals surface area contributed by atoms with Gasteiger partial charge in [-0.1, -0.05) is 13.0 Å². The second-order valence-electron chi connectivity index (χ2n) is 6.35. The molecule has 2 saturated heterocycles. The predicted molar refractivity (Wildman–Crippen MR) is 82.7 cm³/mol. The Morgan fingerprint density at radius 1 is 0.900 bits per heavy atom.